The molecular formula is C24H31N5O2. The van der Waals surface area contributed by atoms with E-state index in [1.165, 1.54) is 5.69 Å². The van der Waals surface area contributed by atoms with Crippen LogP contribution in [0.5, 0.6) is 0 Å². The number of carboxylic acids is 1. The zero-order chi connectivity index (χ0) is 23.0. The maximum absolute atomic E-state index is 8.89. The minimum absolute atomic E-state index is 0.823. The van der Waals surface area contributed by atoms with Crippen molar-refractivity contribution in [3.05, 3.63) is 60.2 Å². The summed E-state index contributed by atoms with van der Waals surface area (Å²) in [5.41, 5.74) is 5.53. The topological polar surface area (TPSA) is 76.9 Å². The summed E-state index contributed by atoms with van der Waals surface area (Å²) in [7, 11) is 4.03. The van der Waals surface area contributed by atoms with Crippen molar-refractivity contribution in [3.8, 4) is 11.3 Å². The molecule has 0 fully saturated rings. The van der Waals surface area contributed by atoms with Crippen molar-refractivity contribution in [1.82, 2.24) is 4.68 Å². The number of aromatic nitrogens is 2. The Morgan fingerprint density at radius 2 is 1.68 bits per heavy atom. The highest BCUT2D eigenvalue weighted by Crippen LogP contribution is 2.27. The van der Waals surface area contributed by atoms with Gasteiger partial charge in [0.25, 0.3) is 0 Å². The van der Waals surface area contributed by atoms with E-state index in [-0.39, 0.29) is 0 Å². The van der Waals surface area contributed by atoms with Gasteiger partial charge in [-0.1, -0.05) is 30.3 Å². The lowest BCUT2D eigenvalue weighted by Gasteiger charge is -2.21. The van der Waals surface area contributed by atoms with Gasteiger partial charge in [0.05, 0.1) is 16.9 Å². The Morgan fingerprint density at radius 1 is 1.06 bits per heavy atom. The summed E-state index contributed by atoms with van der Waals surface area (Å²) in [5, 5.41) is 17.9. The van der Waals surface area contributed by atoms with E-state index in [4.69, 9.17) is 9.90 Å². The molecule has 0 bridgehead atoms. The average molecular weight is 422 g/mol. The molecule has 0 saturated heterocycles. The summed E-state index contributed by atoms with van der Waals surface area (Å²) in [5.74, 6) is -0.261. The standard InChI is InChI=1S/C22H28N5.C2H4O2/c1-6-27(7-2)19-13-14-20(17(3)15-19)23-24-22-16-21(25(4)26(22)5)18-11-9-8-10-12-18;1-2(3)4/h8-16H,6-7H2,1-5H3;1H3,(H,3,4)/q+1;/p-1. The molecular weight excluding hydrogens is 390 g/mol. The third-order valence-electron chi connectivity index (χ3n) is 5.03. The molecule has 0 atom stereocenters. The number of carboxylic acid groups (broad SMARTS) is 1. The van der Waals surface area contributed by atoms with Crippen molar-refractivity contribution in [2.75, 3.05) is 18.0 Å². The number of carbonyl (C=O) groups excluding carboxylic acids is 1. The quantitative estimate of drug-likeness (QED) is 0.448. The highest BCUT2D eigenvalue weighted by atomic mass is 16.4. The van der Waals surface area contributed by atoms with Crippen molar-refractivity contribution in [2.45, 2.75) is 27.7 Å². The summed E-state index contributed by atoms with van der Waals surface area (Å²) in [6.07, 6.45) is 0. The molecule has 0 aliphatic carbocycles. The molecule has 0 saturated carbocycles. The van der Waals surface area contributed by atoms with Crippen LogP contribution in [0.1, 0.15) is 26.3 Å². The van der Waals surface area contributed by atoms with Crippen LogP contribution in [0, 0.1) is 6.92 Å². The highest BCUT2D eigenvalue weighted by molar-refractivity contribution is 5.61. The van der Waals surface area contributed by atoms with E-state index in [1.807, 2.05) is 43.0 Å². The number of azo groups is 1. The van der Waals surface area contributed by atoms with Crippen LogP contribution < -0.4 is 14.7 Å². The second-order valence-corrected chi connectivity index (χ2v) is 7.14. The fourth-order valence-electron chi connectivity index (χ4n) is 3.24. The lowest BCUT2D eigenvalue weighted by atomic mass is 10.1. The van der Waals surface area contributed by atoms with Gasteiger partial charge in [0, 0.05) is 37.4 Å². The van der Waals surface area contributed by atoms with Crippen molar-refractivity contribution >= 4 is 23.2 Å². The zero-order valence-electron chi connectivity index (χ0n) is 19.2. The van der Waals surface area contributed by atoms with Gasteiger partial charge in [-0.3, -0.25) is 0 Å². The molecule has 0 aliphatic heterocycles. The Balaban J connectivity index is 0.000000785. The number of anilines is 1. The molecule has 7 heteroatoms. The number of aryl methyl sites for hydroxylation is 1. The van der Waals surface area contributed by atoms with Gasteiger partial charge in [0.1, 0.15) is 12.7 Å². The van der Waals surface area contributed by atoms with Crippen LogP contribution >= 0.6 is 0 Å². The zero-order valence-corrected chi connectivity index (χ0v) is 19.2. The van der Waals surface area contributed by atoms with Gasteiger partial charge < -0.3 is 14.8 Å². The Labute approximate surface area is 184 Å². The molecule has 0 radical (unpaired) electrons. The molecule has 0 N–H and O–H groups in total. The van der Waals surface area contributed by atoms with Crippen molar-refractivity contribution < 1.29 is 14.6 Å². The third kappa shape index (κ3) is 6.25. The predicted octanol–water partition coefficient (Wildman–Crippen LogP) is 3.84. The summed E-state index contributed by atoms with van der Waals surface area (Å²) in [4.78, 5) is 11.2. The molecule has 31 heavy (non-hydrogen) atoms. The number of aliphatic carboxylic acids is 1. The second-order valence-electron chi connectivity index (χ2n) is 7.14. The number of hydrogen-bond acceptors (Lipinski definition) is 5. The second kappa shape index (κ2) is 11.1. The van der Waals surface area contributed by atoms with Crippen molar-refractivity contribution in [2.24, 2.45) is 24.3 Å². The van der Waals surface area contributed by atoms with Gasteiger partial charge in [0.15, 0.2) is 0 Å². The van der Waals surface area contributed by atoms with E-state index in [1.54, 1.807) is 0 Å². The van der Waals surface area contributed by atoms with Crippen LogP contribution in [0.25, 0.3) is 11.3 Å². The Hall–Kier alpha value is -3.48. The first-order valence-corrected chi connectivity index (χ1v) is 10.3. The van der Waals surface area contributed by atoms with E-state index in [0.29, 0.717) is 0 Å². The number of hydrogen-bond donors (Lipinski definition) is 0. The first-order valence-electron chi connectivity index (χ1n) is 10.3. The summed E-state index contributed by atoms with van der Waals surface area (Å²) in [6.45, 7) is 9.40. The Kier molecular flexibility index (Phi) is 8.49. The molecule has 0 spiro atoms. The first kappa shape index (κ1) is 23.8. The maximum atomic E-state index is 8.89. The third-order valence-corrected chi connectivity index (χ3v) is 5.03. The molecule has 0 unspecified atom stereocenters. The first-order chi connectivity index (χ1) is 14.8. The lowest BCUT2D eigenvalue weighted by Crippen LogP contribution is -2.37. The molecule has 0 aliphatic rings. The van der Waals surface area contributed by atoms with Crippen LogP contribution in [0.15, 0.2) is 64.8 Å². The van der Waals surface area contributed by atoms with Crippen LogP contribution in [0.4, 0.5) is 17.2 Å². The Bertz CT molecular complexity index is 1030. The van der Waals surface area contributed by atoms with E-state index in [0.717, 1.165) is 48.3 Å². The van der Waals surface area contributed by atoms with Gasteiger partial charge in [-0.2, -0.15) is 4.68 Å². The smallest absolute Gasteiger partial charge is 0.371 e. The predicted molar refractivity (Wildman–Crippen MR) is 122 cm³/mol. The maximum Gasteiger partial charge on any atom is 0.371 e. The number of rotatable bonds is 6. The molecule has 7 nitrogen and oxygen atoms in total. The Morgan fingerprint density at radius 3 is 2.23 bits per heavy atom. The van der Waals surface area contributed by atoms with Gasteiger partial charge in [-0.15, -0.1) is 0 Å². The summed E-state index contributed by atoms with van der Waals surface area (Å²) >= 11 is 0. The molecule has 1 aromatic heterocycles. The van der Waals surface area contributed by atoms with Gasteiger partial charge in [0.2, 0.25) is 0 Å². The lowest BCUT2D eigenvalue weighted by molar-refractivity contribution is -0.738. The molecule has 3 rings (SSSR count). The fraction of sp³-hybridized carbons (Fsp3) is 0.333. The van der Waals surface area contributed by atoms with E-state index >= 15 is 0 Å². The number of benzene rings is 2. The molecule has 1 heterocycles. The van der Waals surface area contributed by atoms with E-state index in [9.17, 15) is 0 Å². The summed E-state index contributed by atoms with van der Waals surface area (Å²) in [6, 6.07) is 18.7. The normalized spacial score (nSPS) is 10.6. The molecule has 3 aromatic rings. The SMILES string of the molecule is CC(=O)[O-].CCN(CC)c1ccc(N=Nc2cc(-c3ccccc3)n(C)[n+]2C)c(C)c1. The van der Waals surface area contributed by atoms with E-state index < -0.39 is 5.97 Å². The molecule has 164 valence electrons. The average Bonchev–Trinajstić information content (AvgIpc) is 3.03. The molecule has 2 aromatic carbocycles. The largest absolute Gasteiger partial charge is 0.550 e. The minimum atomic E-state index is -1.08. The minimum Gasteiger partial charge on any atom is -0.550 e. The van der Waals surface area contributed by atoms with Crippen LogP contribution in [0.2, 0.25) is 0 Å². The monoisotopic (exact) mass is 421 g/mol. The van der Waals surface area contributed by atoms with Crippen LogP contribution in [-0.2, 0) is 18.9 Å². The highest BCUT2D eigenvalue weighted by Gasteiger charge is 2.17. The summed E-state index contributed by atoms with van der Waals surface area (Å²) < 4.78 is 4.09. The van der Waals surface area contributed by atoms with Crippen LogP contribution in [-0.4, -0.2) is 23.7 Å². The van der Waals surface area contributed by atoms with Crippen molar-refractivity contribution in [3.63, 3.8) is 0 Å². The van der Waals surface area contributed by atoms with Crippen LogP contribution in [0.3, 0.4) is 0 Å². The van der Waals surface area contributed by atoms with Gasteiger partial charge in [-0.25, -0.2) is 4.68 Å². The van der Waals surface area contributed by atoms with Gasteiger partial charge in [-0.05, 0) is 56.6 Å². The number of carbonyl (C=O) groups is 1. The van der Waals surface area contributed by atoms with E-state index in [2.05, 4.69) is 70.9 Å². The molecule has 0 amide bonds. The van der Waals surface area contributed by atoms with Gasteiger partial charge >= 0.3 is 5.82 Å². The fourth-order valence-corrected chi connectivity index (χ4v) is 3.24. The number of nitrogens with zero attached hydrogens (tertiary/aromatic N) is 5. The van der Waals surface area contributed by atoms with Crippen molar-refractivity contribution in [1.29, 1.82) is 0 Å².